The third-order valence-electron chi connectivity index (χ3n) is 6.21. The van der Waals surface area contributed by atoms with E-state index in [1.807, 2.05) is 0 Å². The molecule has 3 rings (SSSR count). The lowest BCUT2D eigenvalue weighted by Gasteiger charge is -2.17. The molecule has 1 unspecified atom stereocenters. The molecule has 1 aliphatic heterocycles. The molecule has 2 N–H and O–H groups in total. The second-order valence-electron chi connectivity index (χ2n) is 8.94. The van der Waals surface area contributed by atoms with Crippen LogP contribution in [0.5, 0.6) is 0 Å². The lowest BCUT2D eigenvalue weighted by molar-refractivity contribution is -0.131. The van der Waals surface area contributed by atoms with Crippen molar-refractivity contribution in [2.75, 3.05) is 13.1 Å². The first-order valence-corrected chi connectivity index (χ1v) is 12.1. The molecular formula is C25H38N4O2. The van der Waals surface area contributed by atoms with E-state index in [-0.39, 0.29) is 11.8 Å². The number of nitrogens with two attached hydrogens (primary N) is 1. The number of unbranched alkanes of at least 4 members (excludes halogenated alkanes) is 7. The van der Waals surface area contributed by atoms with Gasteiger partial charge in [0.2, 0.25) is 17.6 Å². The van der Waals surface area contributed by atoms with Gasteiger partial charge >= 0.3 is 0 Å². The fourth-order valence-corrected chi connectivity index (χ4v) is 4.25. The van der Waals surface area contributed by atoms with Gasteiger partial charge in [-0.1, -0.05) is 81.3 Å². The zero-order valence-corrected chi connectivity index (χ0v) is 19.2. The second-order valence-corrected chi connectivity index (χ2v) is 8.94. The molecule has 31 heavy (non-hydrogen) atoms. The van der Waals surface area contributed by atoms with Gasteiger partial charge in [0.25, 0.3) is 0 Å². The highest BCUT2D eigenvalue weighted by Crippen LogP contribution is 2.28. The Balaban J connectivity index is 1.43. The van der Waals surface area contributed by atoms with Crippen molar-refractivity contribution in [1.29, 1.82) is 0 Å². The van der Waals surface area contributed by atoms with Gasteiger partial charge in [-0.15, -0.1) is 0 Å². The summed E-state index contributed by atoms with van der Waals surface area (Å²) in [5.41, 5.74) is 8.05. The van der Waals surface area contributed by atoms with Gasteiger partial charge in [-0.05, 0) is 31.7 Å². The second kappa shape index (κ2) is 12.0. The molecule has 0 bridgehead atoms. The Bertz CT molecular complexity index is 800. The average Bonchev–Trinajstić information content (AvgIpc) is 3.45. The number of carbonyl (C=O) groups is 1. The van der Waals surface area contributed by atoms with E-state index >= 15 is 0 Å². The molecule has 0 saturated carbocycles. The fraction of sp³-hybridized carbons (Fsp3) is 0.640. The van der Waals surface area contributed by atoms with Crippen molar-refractivity contribution in [2.24, 2.45) is 5.73 Å². The molecule has 1 saturated heterocycles. The SMILES string of the molecule is CCCCCCCCCCc1ccc(-c2noc([C@@H]3CCN(C(=O)C(C)N)C3)n2)cc1. The van der Waals surface area contributed by atoms with Crippen LogP contribution in [-0.4, -0.2) is 40.1 Å². The van der Waals surface area contributed by atoms with Crippen molar-refractivity contribution in [3.8, 4) is 11.4 Å². The number of rotatable bonds is 12. The van der Waals surface area contributed by atoms with E-state index in [4.69, 9.17) is 10.3 Å². The van der Waals surface area contributed by atoms with Gasteiger partial charge in [0, 0.05) is 18.7 Å². The molecule has 2 aromatic rings. The molecule has 1 aromatic carbocycles. The van der Waals surface area contributed by atoms with Crippen LogP contribution in [0, 0.1) is 0 Å². The van der Waals surface area contributed by atoms with E-state index in [1.54, 1.807) is 11.8 Å². The number of hydrogen-bond donors (Lipinski definition) is 1. The van der Waals surface area contributed by atoms with Gasteiger partial charge in [-0.3, -0.25) is 4.79 Å². The summed E-state index contributed by atoms with van der Waals surface area (Å²) in [7, 11) is 0. The molecule has 1 amide bonds. The third kappa shape index (κ3) is 6.89. The van der Waals surface area contributed by atoms with Crippen molar-refractivity contribution in [3.63, 3.8) is 0 Å². The van der Waals surface area contributed by atoms with Crippen LogP contribution in [0.15, 0.2) is 28.8 Å². The quantitative estimate of drug-likeness (QED) is 0.478. The van der Waals surface area contributed by atoms with E-state index in [0.29, 0.717) is 24.8 Å². The Kier molecular flexibility index (Phi) is 9.07. The van der Waals surface area contributed by atoms with E-state index in [2.05, 4.69) is 41.3 Å². The zero-order chi connectivity index (χ0) is 22.1. The monoisotopic (exact) mass is 426 g/mol. The molecule has 2 atom stereocenters. The third-order valence-corrected chi connectivity index (χ3v) is 6.21. The van der Waals surface area contributed by atoms with Crippen LogP contribution in [-0.2, 0) is 11.2 Å². The summed E-state index contributed by atoms with van der Waals surface area (Å²) >= 11 is 0. The smallest absolute Gasteiger partial charge is 0.239 e. The molecule has 1 fully saturated rings. The maximum Gasteiger partial charge on any atom is 0.239 e. The van der Waals surface area contributed by atoms with Crippen molar-refractivity contribution in [3.05, 3.63) is 35.7 Å². The van der Waals surface area contributed by atoms with Crippen LogP contribution in [0.1, 0.15) is 89.0 Å². The molecule has 2 heterocycles. The summed E-state index contributed by atoms with van der Waals surface area (Å²) in [6.07, 6.45) is 12.7. The van der Waals surface area contributed by atoms with Crippen LogP contribution in [0.3, 0.4) is 0 Å². The summed E-state index contributed by atoms with van der Waals surface area (Å²) < 4.78 is 5.52. The Morgan fingerprint density at radius 2 is 1.81 bits per heavy atom. The highest BCUT2D eigenvalue weighted by atomic mass is 16.5. The predicted octanol–water partition coefficient (Wildman–Crippen LogP) is 5.08. The normalized spacial score (nSPS) is 17.3. The summed E-state index contributed by atoms with van der Waals surface area (Å²) in [5, 5.41) is 4.17. The van der Waals surface area contributed by atoms with E-state index in [0.717, 1.165) is 18.4 Å². The van der Waals surface area contributed by atoms with Gasteiger partial charge < -0.3 is 15.2 Å². The summed E-state index contributed by atoms with van der Waals surface area (Å²) in [5.74, 6) is 1.29. The van der Waals surface area contributed by atoms with E-state index < -0.39 is 6.04 Å². The Morgan fingerprint density at radius 3 is 2.48 bits per heavy atom. The van der Waals surface area contributed by atoms with Gasteiger partial charge in [0.15, 0.2) is 0 Å². The predicted molar refractivity (Wildman–Crippen MR) is 124 cm³/mol. The Morgan fingerprint density at radius 1 is 1.13 bits per heavy atom. The lowest BCUT2D eigenvalue weighted by Crippen LogP contribution is -2.40. The molecule has 170 valence electrons. The van der Waals surface area contributed by atoms with E-state index in [1.165, 1.54) is 56.9 Å². The standard InChI is InChI=1S/C25H38N4O2/c1-3-4-5-6-7-8-9-10-11-20-12-14-21(15-13-20)23-27-24(31-28-23)22-16-17-29(18-22)25(30)19(2)26/h12-15,19,22H,3-11,16-18,26H2,1-2H3/t19?,22-/m1/s1. The van der Waals surface area contributed by atoms with Crippen molar-refractivity contribution in [1.82, 2.24) is 15.0 Å². The van der Waals surface area contributed by atoms with Gasteiger partial charge in [0.05, 0.1) is 12.0 Å². The van der Waals surface area contributed by atoms with Crippen molar-refractivity contribution >= 4 is 5.91 Å². The van der Waals surface area contributed by atoms with Crippen LogP contribution >= 0.6 is 0 Å². The zero-order valence-electron chi connectivity index (χ0n) is 19.2. The molecule has 0 spiro atoms. The number of hydrogen-bond acceptors (Lipinski definition) is 5. The number of amides is 1. The lowest BCUT2D eigenvalue weighted by atomic mass is 10.0. The van der Waals surface area contributed by atoms with Crippen molar-refractivity contribution < 1.29 is 9.32 Å². The highest BCUT2D eigenvalue weighted by molar-refractivity contribution is 5.81. The molecule has 6 nitrogen and oxygen atoms in total. The first-order valence-electron chi connectivity index (χ1n) is 12.1. The van der Waals surface area contributed by atoms with Crippen molar-refractivity contribution in [2.45, 2.75) is 90.0 Å². The number of nitrogens with zero attached hydrogens (tertiary/aromatic N) is 3. The number of likely N-dealkylation sites (tertiary alicyclic amines) is 1. The van der Waals surface area contributed by atoms with Gasteiger partial charge in [-0.25, -0.2) is 0 Å². The first kappa shape index (κ1) is 23.5. The number of aromatic nitrogens is 2. The maximum absolute atomic E-state index is 12.1. The van der Waals surface area contributed by atoms with Crippen LogP contribution in [0.2, 0.25) is 0 Å². The fourth-order valence-electron chi connectivity index (χ4n) is 4.25. The van der Waals surface area contributed by atoms with Gasteiger partial charge in [0.1, 0.15) is 0 Å². The largest absolute Gasteiger partial charge is 0.341 e. The molecule has 1 aliphatic rings. The minimum Gasteiger partial charge on any atom is -0.341 e. The van der Waals surface area contributed by atoms with Crippen LogP contribution < -0.4 is 5.73 Å². The molecule has 0 radical (unpaired) electrons. The Labute approximate surface area is 186 Å². The van der Waals surface area contributed by atoms with E-state index in [9.17, 15) is 4.79 Å². The highest BCUT2D eigenvalue weighted by Gasteiger charge is 2.32. The topological polar surface area (TPSA) is 85.2 Å². The average molecular weight is 427 g/mol. The molecule has 6 heteroatoms. The first-order chi connectivity index (χ1) is 15.1. The summed E-state index contributed by atoms with van der Waals surface area (Å²) in [6.45, 7) is 5.27. The van der Waals surface area contributed by atoms with Gasteiger partial charge in [-0.2, -0.15) is 4.98 Å². The molecule has 1 aromatic heterocycles. The number of benzene rings is 1. The summed E-state index contributed by atoms with van der Waals surface area (Å²) in [6, 6.07) is 8.03. The minimum absolute atomic E-state index is 0.0191. The molecular weight excluding hydrogens is 388 g/mol. The maximum atomic E-state index is 12.1. The summed E-state index contributed by atoms with van der Waals surface area (Å²) in [4.78, 5) is 18.5. The number of aryl methyl sites for hydroxylation is 1. The Hall–Kier alpha value is -2.21. The van der Waals surface area contributed by atoms with Crippen LogP contribution in [0.25, 0.3) is 11.4 Å². The molecule has 0 aliphatic carbocycles. The van der Waals surface area contributed by atoms with Crippen LogP contribution in [0.4, 0.5) is 0 Å². The minimum atomic E-state index is -0.471. The number of carbonyl (C=O) groups excluding carboxylic acids is 1.